The molecule has 0 spiro atoms. The molecule has 142 valence electrons. The number of thioether (sulfide) groups is 1. The van der Waals surface area contributed by atoms with Crippen molar-refractivity contribution in [3.63, 3.8) is 0 Å². The Balaban J connectivity index is 1.73. The number of hydrogen-bond donors (Lipinski definition) is 2. The second-order valence-electron chi connectivity index (χ2n) is 5.45. The van der Waals surface area contributed by atoms with Crippen molar-refractivity contribution in [2.24, 2.45) is 0 Å². The molecule has 0 unspecified atom stereocenters. The van der Waals surface area contributed by atoms with Gasteiger partial charge in [-0.15, -0.1) is 11.8 Å². The minimum absolute atomic E-state index is 0.116. The molecule has 27 heavy (non-hydrogen) atoms. The van der Waals surface area contributed by atoms with Gasteiger partial charge in [0.2, 0.25) is 0 Å². The third-order valence-electron chi connectivity index (χ3n) is 3.44. The number of esters is 1. The van der Waals surface area contributed by atoms with Gasteiger partial charge in [0, 0.05) is 29.1 Å². The third-order valence-corrected chi connectivity index (χ3v) is 4.76. The number of carbonyl (C=O) groups excluding carboxylic acids is 3. The smallest absolute Gasteiger partial charge is 0.316 e. The maximum Gasteiger partial charge on any atom is 0.316 e. The summed E-state index contributed by atoms with van der Waals surface area (Å²) >= 11 is 7.41. The molecular weight excluding hydrogens is 388 g/mol. The molecule has 0 aliphatic carbocycles. The quantitative estimate of drug-likeness (QED) is 0.658. The normalized spacial score (nSPS) is 10.1. The first-order valence-electron chi connectivity index (χ1n) is 8.08. The zero-order valence-corrected chi connectivity index (χ0v) is 16.2. The lowest BCUT2D eigenvalue weighted by molar-refractivity contribution is -0.144. The van der Waals surface area contributed by atoms with Crippen LogP contribution in [0.5, 0.6) is 0 Å². The highest BCUT2D eigenvalue weighted by Crippen LogP contribution is 2.20. The summed E-state index contributed by atoms with van der Waals surface area (Å²) in [5.41, 5.74) is 1.80. The van der Waals surface area contributed by atoms with Gasteiger partial charge in [-0.1, -0.05) is 35.9 Å². The summed E-state index contributed by atoms with van der Waals surface area (Å²) in [5, 5.41) is 5.74. The number of carbonyl (C=O) groups is 3. The first-order chi connectivity index (χ1) is 13.0. The second-order valence-corrected chi connectivity index (χ2v) is 6.85. The van der Waals surface area contributed by atoms with Gasteiger partial charge in [-0.05, 0) is 29.8 Å². The Morgan fingerprint density at radius 2 is 1.89 bits per heavy atom. The van der Waals surface area contributed by atoms with Crippen molar-refractivity contribution >= 4 is 46.8 Å². The van der Waals surface area contributed by atoms with Crippen molar-refractivity contribution in [2.75, 3.05) is 24.7 Å². The molecule has 0 aromatic heterocycles. The molecule has 8 heteroatoms. The van der Waals surface area contributed by atoms with Crippen molar-refractivity contribution in [1.82, 2.24) is 5.32 Å². The van der Waals surface area contributed by atoms with Gasteiger partial charge < -0.3 is 15.4 Å². The number of amides is 2. The summed E-state index contributed by atoms with van der Waals surface area (Å²) in [6.45, 7) is -0.393. The van der Waals surface area contributed by atoms with Crippen molar-refractivity contribution in [3.05, 3.63) is 64.7 Å². The van der Waals surface area contributed by atoms with Gasteiger partial charge in [-0.3, -0.25) is 14.4 Å². The lowest BCUT2D eigenvalue weighted by atomic mass is 10.2. The van der Waals surface area contributed by atoms with Crippen LogP contribution in [0.25, 0.3) is 0 Å². The summed E-state index contributed by atoms with van der Waals surface area (Å²) in [4.78, 5) is 35.2. The number of ether oxygens (including phenoxy) is 1. The highest BCUT2D eigenvalue weighted by Gasteiger charge is 2.10. The van der Waals surface area contributed by atoms with E-state index in [1.54, 1.807) is 24.3 Å². The van der Waals surface area contributed by atoms with Gasteiger partial charge in [0.25, 0.3) is 11.8 Å². The predicted molar refractivity (Wildman–Crippen MR) is 107 cm³/mol. The minimum Gasteiger partial charge on any atom is -0.455 e. The van der Waals surface area contributed by atoms with E-state index < -0.39 is 18.5 Å². The lowest BCUT2D eigenvalue weighted by Crippen LogP contribution is -2.22. The monoisotopic (exact) mass is 406 g/mol. The third kappa shape index (κ3) is 6.96. The van der Waals surface area contributed by atoms with E-state index >= 15 is 0 Å². The van der Waals surface area contributed by atoms with E-state index in [9.17, 15) is 14.4 Å². The van der Waals surface area contributed by atoms with Crippen molar-refractivity contribution < 1.29 is 19.1 Å². The van der Waals surface area contributed by atoms with Crippen LogP contribution in [0.1, 0.15) is 15.9 Å². The van der Waals surface area contributed by atoms with Crippen LogP contribution in [0.2, 0.25) is 5.02 Å². The first kappa shape index (κ1) is 20.8. The van der Waals surface area contributed by atoms with Gasteiger partial charge in [-0.2, -0.15) is 0 Å². The van der Waals surface area contributed by atoms with Gasteiger partial charge in [0.05, 0.1) is 5.75 Å². The fourth-order valence-corrected chi connectivity index (χ4v) is 3.23. The largest absolute Gasteiger partial charge is 0.455 e. The molecule has 2 amide bonds. The summed E-state index contributed by atoms with van der Waals surface area (Å²) in [5.74, 6) is -0.527. The average Bonchev–Trinajstić information content (AvgIpc) is 2.67. The number of benzene rings is 2. The minimum atomic E-state index is -0.485. The zero-order valence-electron chi connectivity index (χ0n) is 14.7. The molecule has 2 aromatic carbocycles. The van der Waals surface area contributed by atoms with Crippen LogP contribution in [0, 0.1) is 0 Å². The SMILES string of the molecule is CNC(=O)c1cccc(NC(=O)COC(=O)CSCc2ccccc2Cl)c1. The van der Waals surface area contributed by atoms with E-state index in [1.165, 1.54) is 24.9 Å². The van der Waals surface area contributed by atoms with E-state index in [-0.39, 0.29) is 11.7 Å². The maximum atomic E-state index is 11.9. The summed E-state index contributed by atoms with van der Waals surface area (Å²) in [6, 6.07) is 13.9. The van der Waals surface area contributed by atoms with Crippen LogP contribution < -0.4 is 10.6 Å². The molecular formula is C19H19ClN2O4S. The molecule has 0 aliphatic heterocycles. The van der Waals surface area contributed by atoms with Gasteiger partial charge in [0.15, 0.2) is 6.61 Å². The number of halogens is 1. The van der Waals surface area contributed by atoms with Crippen molar-refractivity contribution in [1.29, 1.82) is 0 Å². The molecule has 0 bridgehead atoms. The molecule has 0 heterocycles. The molecule has 2 N–H and O–H groups in total. The Bertz CT molecular complexity index is 829. The molecule has 6 nitrogen and oxygen atoms in total. The van der Waals surface area contributed by atoms with Crippen LogP contribution in [-0.4, -0.2) is 37.2 Å². The molecule has 0 atom stereocenters. The van der Waals surface area contributed by atoms with Gasteiger partial charge in [0.1, 0.15) is 0 Å². The fraction of sp³-hybridized carbons (Fsp3) is 0.211. The Kier molecular flexibility index (Phi) is 8.16. The highest BCUT2D eigenvalue weighted by atomic mass is 35.5. The van der Waals surface area contributed by atoms with Gasteiger partial charge >= 0.3 is 5.97 Å². The molecule has 2 rings (SSSR count). The van der Waals surface area contributed by atoms with Gasteiger partial charge in [-0.25, -0.2) is 0 Å². The molecule has 0 saturated carbocycles. The molecule has 0 fully saturated rings. The molecule has 2 aromatic rings. The Morgan fingerprint density at radius 3 is 2.63 bits per heavy atom. The lowest BCUT2D eigenvalue weighted by Gasteiger charge is -2.08. The summed E-state index contributed by atoms with van der Waals surface area (Å²) < 4.78 is 4.96. The molecule has 0 aliphatic rings. The summed E-state index contributed by atoms with van der Waals surface area (Å²) in [6.07, 6.45) is 0. The fourth-order valence-electron chi connectivity index (χ4n) is 2.13. The maximum absolute atomic E-state index is 11.9. The van der Waals surface area contributed by atoms with E-state index in [0.29, 0.717) is 22.0 Å². The first-order valence-corrected chi connectivity index (χ1v) is 9.61. The molecule has 0 radical (unpaired) electrons. The van der Waals surface area contributed by atoms with E-state index in [0.717, 1.165) is 5.56 Å². The Labute approximate surface area is 166 Å². The van der Waals surface area contributed by atoms with Crippen molar-refractivity contribution in [3.8, 4) is 0 Å². The van der Waals surface area contributed by atoms with Crippen LogP contribution in [0.15, 0.2) is 48.5 Å². The van der Waals surface area contributed by atoms with Crippen LogP contribution >= 0.6 is 23.4 Å². The Morgan fingerprint density at radius 1 is 1.11 bits per heavy atom. The van der Waals surface area contributed by atoms with Crippen LogP contribution in [-0.2, 0) is 20.1 Å². The second kappa shape index (κ2) is 10.6. The molecule has 0 saturated heterocycles. The topological polar surface area (TPSA) is 84.5 Å². The van der Waals surface area contributed by atoms with E-state index in [1.807, 2.05) is 18.2 Å². The number of nitrogens with one attached hydrogen (secondary N) is 2. The average molecular weight is 407 g/mol. The van der Waals surface area contributed by atoms with E-state index in [4.69, 9.17) is 16.3 Å². The van der Waals surface area contributed by atoms with E-state index in [2.05, 4.69) is 10.6 Å². The zero-order chi connectivity index (χ0) is 19.6. The number of hydrogen-bond acceptors (Lipinski definition) is 5. The van der Waals surface area contributed by atoms with Crippen molar-refractivity contribution in [2.45, 2.75) is 5.75 Å². The Hall–Kier alpha value is -2.51. The standard InChI is InChI=1S/C19H19ClN2O4S/c1-21-19(25)13-6-4-7-15(9-13)22-17(23)10-26-18(24)12-27-11-14-5-2-3-8-16(14)20/h2-9H,10-12H2,1H3,(H,21,25)(H,22,23). The predicted octanol–water partition coefficient (Wildman–Crippen LogP) is 3.11. The number of rotatable bonds is 8. The van der Waals surface area contributed by atoms with Crippen LogP contribution in [0.4, 0.5) is 5.69 Å². The summed E-state index contributed by atoms with van der Waals surface area (Å²) in [7, 11) is 1.52. The highest BCUT2D eigenvalue weighted by molar-refractivity contribution is 7.99. The van der Waals surface area contributed by atoms with Crippen LogP contribution in [0.3, 0.4) is 0 Å². The number of anilines is 1.